The fourth-order valence-electron chi connectivity index (χ4n) is 4.24. The Bertz CT molecular complexity index is 1180. The Kier molecular flexibility index (Phi) is 6.30. The molecule has 1 saturated carbocycles. The second kappa shape index (κ2) is 9.32. The van der Waals surface area contributed by atoms with Crippen molar-refractivity contribution in [3.8, 4) is 17.0 Å². The third kappa shape index (κ3) is 4.52. The molecule has 1 heterocycles. The summed E-state index contributed by atoms with van der Waals surface area (Å²) >= 11 is 0. The normalized spacial score (nSPS) is 13.8. The number of carbonyl (C=O) groups excluding carboxylic acids is 2. The van der Waals surface area contributed by atoms with Crippen LogP contribution in [-0.2, 0) is 6.54 Å². The smallest absolute Gasteiger partial charge is 0.255 e. The van der Waals surface area contributed by atoms with Gasteiger partial charge in [0.05, 0.1) is 18.7 Å². The Morgan fingerprint density at radius 3 is 2.52 bits per heavy atom. The molecule has 2 amide bonds. The van der Waals surface area contributed by atoms with Crippen LogP contribution in [0, 0.1) is 5.82 Å². The van der Waals surface area contributed by atoms with Crippen LogP contribution in [0.3, 0.4) is 0 Å². The number of benzene rings is 2. The average molecular weight is 452 g/mol. The van der Waals surface area contributed by atoms with Crippen LogP contribution in [0.2, 0.25) is 0 Å². The quantitative estimate of drug-likeness (QED) is 0.508. The summed E-state index contributed by atoms with van der Waals surface area (Å²) in [5.41, 5.74) is 14.2. The highest BCUT2D eigenvalue weighted by atomic mass is 19.1. The molecule has 0 bridgehead atoms. The molecule has 172 valence electrons. The number of hydrogen-bond donors (Lipinski definition) is 3. The Balaban J connectivity index is 1.52. The van der Waals surface area contributed by atoms with Gasteiger partial charge < -0.3 is 21.5 Å². The predicted octanol–water partition coefficient (Wildman–Crippen LogP) is 3.42. The van der Waals surface area contributed by atoms with Crippen molar-refractivity contribution in [3.63, 3.8) is 0 Å². The lowest BCUT2D eigenvalue weighted by atomic mass is 10.0. The zero-order valence-electron chi connectivity index (χ0n) is 18.3. The van der Waals surface area contributed by atoms with Crippen LogP contribution < -0.4 is 21.5 Å². The Morgan fingerprint density at radius 1 is 1.18 bits per heavy atom. The molecule has 8 nitrogen and oxygen atoms in total. The van der Waals surface area contributed by atoms with Crippen molar-refractivity contribution in [1.82, 2.24) is 15.1 Å². The van der Waals surface area contributed by atoms with Crippen LogP contribution in [-0.4, -0.2) is 28.7 Å². The van der Waals surface area contributed by atoms with Crippen molar-refractivity contribution in [2.45, 2.75) is 38.3 Å². The van der Waals surface area contributed by atoms with E-state index < -0.39 is 17.6 Å². The lowest BCUT2D eigenvalue weighted by Crippen LogP contribution is -2.23. The number of methoxy groups -OCH3 is 1. The molecular formula is C24H26FN5O3. The van der Waals surface area contributed by atoms with Gasteiger partial charge in [-0.1, -0.05) is 37.1 Å². The fourth-order valence-corrected chi connectivity index (χ4v) is 4.24. The molecule has 1 aliphatic rings. The zero-order chi connectivity index (χ0) is 23.5. The van der Waals surface area contributed by atoms with Crippen molar-refractivity contribution in [1.29, 1.82) is 0 Å². The largest absolute Gasteiger partial charge is 0.496 e. The number of halogens is 1. The predicted molar refractivity (Wildman–Crippen MR) is 122 cm³/mol. The second-order valence-corrected chi connectivity index (χ2v) is 8.08. The van der Waals surface area contributed by atoms with E-state index in [9.17, 15) is 14.0 Å². The maximum atomic E-state index is 13.5. The van der Waals surface area contributed by atoms with Gasteiger partial charge in [0.1, 0.15) is 28.6 Å². The first-order chi connectivity index (χ1) is 15.9. The van der Waals surface area contributed by atoms with Crippen LogP contribution in [0.25, 0.3) is 11.3 Å². The van der Waals surface area contributed by atoms with E-state index in [-0.39, 0.29) is 23.7 Å². The summed E-state index contributed by atoms with van der Waals surface area (Å²) in [4.78, 5) is 24.6. The van der Waals surface area contributed by atoms with Gasteiger partial charge in [-0.15, -0.1) is 0 Å². The first kappa shape index (κ1) is 22.3. The SMILES string of the molecule is COc1ccc(F)cc1C(=O)NCc1ccc(-c2nn(C3CCCC3)c(N)c2C(N)=O)cc1. The monoisotopic (exact) mass is 451 g/mol. The maximum absolute atomic E-state index is 13.5. The Labute approximate surface area is 190 Å². The minimum atomic E-state index is -0.618. The molecule has 9 heteroatoms. The van der Waals surface area contributed by atoms with Crippen molar-refractivity contribution in [3.05, 3.63) is 65.0 Å². The molecular weight excluding hydrogens is 425 g/mol. The number of ether oxygens (including phenoxy) is 1. The maximum Gasteiger partial charge on any atom is 0.255 e. The van der Waals surface area contributed by atoms with Gasteiger partial charge in [-0.2, -0.15) is 5.10 Å². The van der Waals surface area contributed by atoms with Gasteiger partial charge in [0, 0.05) is 12.1 Å². The summed E-state index contributed by atoms with van der Waals surface area (Å²) < 4.78 is 20.4. The lowest BCUT2D eigenvalue weighted by molar-refractivity contribution is 0.0946. The molecule has 0 saturated heterocycles. The topological polar surface area (TPSA) is 125 Å². The van der Waals surface area contributed by atoms with Gasteiger partial charge >= 0.3 is 0 Å². The second-order valence-electron chi connectivity index (χ2n) is 8.08. The summed E-state index contributed by atoms with van der Waals surface area (Å²) in [6, 6.07) is 11.2. The van der Waals surface area contributed by atoms with E-state index in [1.165, 1.54) is 19.2 Å². The van der Waals surface area contributed by atoms with Crippen molar-refractivity contribution in [2.24, 2.45) is 5.73 Å². The number of carbonyl (C=O) groups is 2. The van der Waals surface area contributed by atoms with Crippen LogP contribution in [0.4, 0.5) is 10.2 Å². The number of nitrogens with one attached hydrogen (secondary N) is 1. The summed E-state index contributed by atoms with van der Waals surface area (Å²) in [7, 11) is 1.42. The molecule has 0 radical (unpaired) electrons. The Hall–Kier alpha value is -3.88. The van der Waals surface area contributed by atoms with Crippen molar-refractivity contribution < 1.29 is 18.7 Å². The van der Waals surface area contributed by atoms with E-state index in [1.807, 2.05) is 12.1 Å². The van der Waals surface area contributed by atoms with Crippen molar-refractivity contribution >= 4 is 17.6 Å². The van der Waals surface area contributed by atoms with Crippen LogP contribution in [0.5, 0.6) is 5.75 Å². The Morgan fingerprint density at radius 2 is 1.88 bits per heavy atom. The third-order valence-electron chi connectivity index (χ3n) is 5.95. The highest BCUT2D eigenvalue weighted by Gasteiger charge is 2.27. The number of amides is 2. The summed E-state index contributed by atoms with van der Waals surface area (Å²) in [5.74, 6) is -1.00. The number of nitrogen functional groups attached to an aromatic ring is 1. The number of nitrogens with zero attached hydrogens (tertiary/aromatic N) is 2. The van der Waals surface area contributed by atoms with Crippen molar-refractivity contribution in [2.75, 3.05) is 12.8 Å². The molecule has 1 fully saturated rings. The van der Waals surface area contributed by atoms with Gasteiger partial charge in [-0.3, -0.25) is 9.59 Å². The number of aromatic nitrogens is 2. The molecule has 2 aromatic carbocycles. The first-order valence-electron chi connectivity index (χ1n) is 10.8. The molecule has 0 atom stereocenters. The van der Waals surface area contributed by atoms with Gasteiger partial charge in [-0.25, -0.2) is 9.07 Å². The molecule has 3 aromatic rings. The van der Waals surface area contributed by atoms with Gasteiger partial charge in [0.25, 0.3) is 11.8 Å². The molecule has 1 aliphatic carbocycles. The van der Waals surface area contributed by atoms with Crippen LogP contribution in [0.15, 0.2) is 42.5 Å². The van der Waals surface area contributed by atoms with E-state index >= 15 is 0 Å². The molecule has 0 unspecified atom stereocenters. The summed E-state index contributed by atoms with van der Waals surface area (Å²) in [6.45, 7) is 0.222. The zero-order valence-corrected chi connectivity index (χ0v) is 18.3. The van der Waals surface area contributed by atoms with E-state index in [4.69, 9.17) is 16.2 Å². The minimum absolute atomic E-state index is 0.119. The van der Waals surface area contributed by atoms with E-state index in [0.29, 0.717) is 22.8 Å². The molecule has 1 aromatic heterocycles. The number of rotatable bonds is 7. The van der Waals surface area contributed by atoms with E-state index in [2.05, 4.69) is 10.4 Å². The fraction of sp³-hybridized carbons (Fsp3) is 0.292. The highest BCUT2D eigenvalue weighted by Crippen LogP contribution is 2.35. The van der Waals surface area contributed by atoms with Crippen LogP contribution >= 0.6 is 0 Å². The summed E-state index contributed by atoms with van der Waals surface area (Å²) in [5, 5.41) is 7.38. The molecule has 0 aliphatic heterocycles. The molecule has 4 rings (SSSR count). The minimum Gasteiger partial charge on any atom is -0.496 e. The third-order valence-corrected chi connectivity index (χ3v) is 5.95. The van der Waals surface area contributed by atoms with E-state index in [1.54, 1.807) is 16.8 Å². The lowest BCUT2D eigenvalue weighted by Gasteiger charge is -2.11. The number of hydrogen-bond acceptors (Lipinski definition) is 5. The summed E-state index contributed by atoms with van der Waals surface area (Å²) in [6.07, 6.45) is 4.15. The number of anilines is 1. The molecule has 33 heavy (non-hydrogen) atoms. The van der Waals surface area contributed by atoms with Gasteiger partial charge in [0.2, 0.25) is 0 Å². The van der Waals surface area contributed by atoms with Gasteiger partial charge in [0.15, 0.2) is 0 Å². The molecule has 5 N–H and O–H groups in total. The van der Waals surface area contributed by atoms with E-state index in [0.717, 1.165) is 37.3 Å². The molecule has 0 spiro atoms. The number of nitrogens with two attached hydrogens (primary N) is 2. The average Bonchev–Trinajstić information content (AvgIpc) is 3.45. The first-order valence-corrected chi connectivity index (χ1v) is 10.8. The standard InChI is InChI=1S/C24H26FN5O3/c1-33-19-11-10-16(25)12-18(19)24(32)28-13-14-6-8-15(9-7-14)21-20(23(27)31)22(26)30(29-21)17-4-2-3-5-17/h6-12,17H,2-5,13,26H2,1H3,(H2,27,31)(H,28,32). The van der Waals surface area contributed by atoms with Gasteiger partial charge in [-0.05, 0) is 36.6 Å². The van der Waals surface area contributed by atoms with Crippen LogP contribution in [0.1, 0.15) is 58.0 Å². The highest BCUT2D eigenvalue weighted by molar-refractivity contribution is 6.03. The number of primary amides is 1.